The molecule has 0 radical (unpaired) electrons. The summed E-state index contributed by atoms with van der Waals surface area (Å²) in [7, 11) is 0. The molecule has 3 aliphatic rings. The second kappa shape index (κ2) is 5.03. The van der Waals surface area contributed by atoms with E-state index in [1.165, 1.54) is 17.3 Å². The highest BCUT2D eigenvalue weighted by Gasteiger charge is 2.40. The number of hydrogen-bond acceptors (Lipinski definition) is 5. The third-order valence-corrected chi connectivity index (χ3v) is 5.29. The summed E-state index contributed by atoms with van der Waals surface area (Å²) in [6, 6.07) is 6.23. The number of rotatable bonds is 1. The van der Waals surface area contributed by atoms with Gasteiger partial charge >= 0.3 is 0 Å². The molecule has 1 amide bonds. The van der Waals surface area contributed by atoms with Gasteiger partial charge in [0.1, 0.15) is 16.4 Å². The number of hydrazone groups is 1. The summed E-state index contributed by atoms with van der Waals surface area (Å²) >= 11 is 1.48. The molecule has 6 heteroatoms. The largest absolute Gasteiger partial charge is 0.487 e. The SMILES string of the molecule is O=C1CSC(c2ccc3c(c2)CC2(CCNCC2)O3)=NN1. The third kappa shape index (κ3) is 2.42. The molecule has 0 saturated carbocycles. The Morgan fingerprint density at radius 1 is 1.29 bits per heavy atom. The van der Waals surface area contributed by atoms with Gasteiger partial charge in [0, 0.05) is 12.0 Å². The second-order valence-corrected chi connectivity index (χ2v) is 6.74. The van der Waals surface area contributed by atoms with E-state index < -0.39 is 0 Å². The molecule has 110 valence electrons. The Morgan fingerprint density at radius 2 is 2.14 bits per heavy atom. The van der Waals surface area contributed by atoms with Gasteiger partial charge in [-0.05, 0) is 49.7 Å². The van der Waals surface area contributed by atoms with E-state index in [1.54, 1.807) is 0 Å². The highest BCUT2D eigenvalue weighted by Crippen LogP contribution is 2.40. The molecule has 3 aliphatic heterocycles. The van der Waals surface area contributed by atoms with Crippen molar-refractivity contribution >= 4 is 22.7 Å². The van der Waals surface area contributed by atoms with Crippen LogP contribution in [-0.4, -0.2) is 35.4 Å². The lowest BCUT2D eigenvalue weighted by atomic mass is 9.88. The molecular weight excluding hydrogens is 286 g/mol. The quantitative estimate of drug-likeness (QED) is 0.820. The first-order valence-corrected chi connectivity index (χ1v) is 8.25. The summed E-state index contributed by atoms with van der Waals surface area (Å²) in [6.45, 7) is 2.05. The van der Waals surface area contributed by atoms with Crippen LogP contribution >= 0.6 is 11.8 Å². The van der Waals surface area contributed by atoms with Crippen molar-refractivity contribution in [2.45, 2.75) is 24.9 Å². The second-order valence-electron chi connectivity index (χ2n) is 5.77. The molecule has 21 heavy (non-hydrogen) atoms. The molecule has 5 nitrogen and oxygen atoms in total. The summed E-state index contributed by atoms with van der Waals surface area (Å²) in [6.07, 6.45) is 3.09. The van der Waals surface area contributed by atoms with Gasteiger partial charge in [-0.1, -0.05) is 11.8 Å². The Bertz CT molecular complexity index is 623. The van der Waals surface area contributed by atoms with E-state index in [2.05, 4.69) is 21.9 Å². The number of carbonyl (C=O) groups excluding carboxylic acids is 1. The summed E-state index contributed by atoms with van der Waals surface area (Å²) in [5.41, 5.74) is 4.85. The number of thioether (sulfide) groups is 1. The van der Waals surface area contributed by atoms with Gasteiger partial charge in [0.05, 0.1) is 5.75 Å². The lowest BCUT2D eigenvalue weighted by Gasteiger charge is -2.33. The number of hydrogen-bond donors (Lipinski definition) is 2. The van der Waals surface area contributed by atoms with Gasteiger partial charge in [0.15, 0.2) is 0 Å². The van der Waals surface area contributed by atoms with E-state index in [4.69, 9.17) is 4.74 Å². The van der Waals surface area contributed by atoms with Crippen LogP contribution in [-0.2, 0) is 11.2 Å². The molecule has 4 rings (SSSR count). The zero-order chi connectivity index (χ0) is 14.3. The van der Waals surface area contributed by atoms with Crippen molar-refractivity contribution in [2.75, 3.05) is 18.8 Å². The summed E-state index contributed by atoms with van der Waals surface area (Å²) in [5, 5.41) is 8.41. The zero-order valence-electron chi connectivity index (χ0n) is 11.6. The predicted molar refractivity (Wildman–Crippen MR) is 82.7 cm³/mol. The van der Waals surface area contributed by atoms with Crippen molar-refractivity contribution in [1.29, 1.82) is 0 Å². The Morgan fingerprint density at radius 3 is 2.90 bits per heavy atom. The van der Waals surface area contributed by atoms with E-state index in [-0.39, 0.29) is 11.5 Å². The van der Waals surface area contributed by atoms with Gasteiger partial charge in [-0.25, -0.2) is 5.43 Å². The fraction of sp³-hybridized carbons (Fsp3) is 0.467. The molecule has 0 aromatic heterocycles. The number of fused-ring (bicyclic) bond motifs is 1. The van der Waals surface area contributed by atoms with Crippen LogP contribution in [0.2, 0.25) is 0 Å². The van der Waals surface area contributed by atoms with Gasteiger partial charge in [0.25, 0.3) is 5.91 Å². The van der Waals surface area contributed by atoms with E-state index in [1.807, 2.05) is 12.1 Å². The van der Waals surface area contributed by atoms with Crippen molar-refractivity contribution in [2.24, 2.45) is 5.10 Å². The Balaban J connectivity index is 1.59. The maximum Gasteiger partial charge on any atom is 0.250 e. The molecule has 1 saturated heterocycles. The van der Waals surface area contributed by atoms with Crippen LogP contribution in [0.4, 0.5) is 0 Å². The molecule has 0 unspecified atom stereocenters. The fourth-order valence-electron chi connectivity index (χ4n) is 3.19. The fourth-order valence-corrected chi connectivity index (χ4v) is 3.92. The molecule has 3 heterocycles. The molecule has 2 N–H and O–H groups in total. The number of nitrogens with one attached hydrogen (secondary N) is 2. The number of carbonyl (C=O) groups is 1. The van der Waals surface area contributed by atoms with Crippen LogP contribution in [0.25, 0.3) is 0 Å². The minimum Gasteiger partial charge on any atom is -0.487 e. The average molecular weight is 303 g/mol. The van der Waals surface area contributed by atoms with Crippen molar-refractivity contribution in [3.8, 4) is 5.75 Å². The number of amides is 1. The smallest absolute Gasteiger partial charge is 0.250 e. The van der Waals surface area contributed by atoms with E-state index in [0.29, 0.717) is 5.75 Å². The van der Waals surface area contributed by atoms with Gasteiger partial charge in [0.2, 0.25) is 0 Å². The molecule has 1 aromatic carbocycles. The van der Waals surface area contributed by atoms with Crippen molar-refractivity contribution in [3.63, 3.8) is 0 Å². The van der Waals surface area contributed by atoms with Crippen molar-refractivity contribution in [3.05, 3.63) is 29.3 Å². The number of nitrogens with zero attached hydrogens (tertiary/aromatic N) is 1. The van der Waals surface area contributed by atoms with E-state index >= 15 is 0 Å². The first-order valence-electron chi connectivity index (χ1n) is 7.27. The van der Waals surface area contributed by atoms with Crippen LogP contribution < -0.4 is 15.5 Å². The zero-order valence-corrected chi connectivity index (χ0v) is 12.5. The lowest BCUT2D eigenvalue weighted by Crippen LogP contribution is -2.45. The number of ether oxygens (including phenoxy) is 1. The normalized spacial score (nSPS) is 23.2. The van der Waals surface area contributed by atoms with Crippen molar-refractivity contribution < 1.29 is 9.53 Å². The van der Waals surface area contributed by atoms with Crippen LogP contribution in [0, 0.1) is 0 Å². The van der Waals surface area contributed by atoms with Crippen LogP contribution in [0.5, 0.6) is 5.75 Å². The standard InChI is InChI=1S/C15H17N3O2S/c19-13-9-21-14(18-17-13)10-1-2-12-11(7-10)8-15(20-12)3-5-16-6-4-15/h1-2,7,16H,3-6,8-9H2,(H,17,19). The van der Waals surface area contributed by atoms with Gasteiger partial charge in [-0.3, -0.25) is 4.79 Å². The maximum absolute atomic E-state index is 11.2. The summed E-state index contributed by atoms with van der Waals surface area (Å²) < 4.78 is 6.24. The topological polar surface area (TPSA) is 62.7 Å². The van der Waals surface area contributed by atoms with Gasteiger partial charge in [-0.2, -0.15) is 5.10 Å². The van der Waals surface area contributed by atoms with Crippen LogP contribution in [0.3, 0.4) is 0 Å². The van der Waals surface area contributed by atoms with E-state index in [0.717, 1.165) is 48.7 Å². The molecule has 0 aliphatic carbocycles. The van der Waals surface area contributed by atoms with Gasteiger partial charge in [-0.15, -0.1) is 0 Å². The predicted octanol–water partition coefficient (Wildman–Crippen LogP) is 1.27. The highest BCUT2D eigenvalue weighted by molar-refractivity contribution is 8.15. The summed E-state index contributed by atoms with van der Waals surface area (Å²) in [5.74, 6) is 1.40. The minimum absolute atomic E-state index is 0.0120. The molecular formula is C15H17N3O2S. The monoisotopic (exact) mass is 303 g/mol. The number of piperidine rings is 1. The lowest BCUT2D eigenvalue weighted by molar-refractivity contribution is -0.118. The molecule has 0 bridgehead atoms. The van der Waals surface area contributed by atoms with Gasteiger partial charge < -0.3 is 10.1 Å². The molecule has 1 spiro atoms. The Hall–Kier alpha value is -1.53. The Kier molecular flexibility index (Phi) is 3.15. The molecule has 0 atom stereocenters. The summed E-state index contributed by atoms with van der Waals surface area (Å²) in [4.78, 5) is 11.2. The molecule has 1 fully saturated rings. The average Bonchev–Trinajstić information content (AvgIpc) is 2.85. The third-order valence-electron chi connectivity index (χ3n) is 4.28. The Labute approximate surface area is 127 Å². The van der Waals surface area contributed by atoms with Crippen molar-refractivity contribution in [1.82, 2.24) is 10.7 Å². The minimum atomic E-state index is -0.0399. The number of benzene rings is 1. The molecule has 1 aromatic rings. The van der Waals surface area contributed by atoms with Crippen LogP contribution in [0.1, 0.15) is 24.0 Å². The first kappa shape index (κ1) is 13.2. The maximum atomic E-state index is 11.2. The highest BCUT2D eigenvalue weighted by atomic mass is 32.2. The van der Waals surface area contributed by atoms with E-state index in [9.17, 15) is 4.79 Å². The van der Waals surface area contributed by atoms with Crippen LogP contribution in [0.15, 0.2) is 23.3 Å². The first-order chi connectivity index (χ1) is 10.2.